The molecule has 0 spiro atoms. The van der Waals surface area contributed by atoms with Gasteiger partial charge >= 0.3 is 0 Å². The Morgan fingerprint density at radius 2 is 1.10 bits per heavy atom. The molecule has 3 aromatic rings. The Labute approximate surface area is 286 Å². The van der Waals surface area contributed by atoms with E-state index in [1.807, 2.05) is 6.92 Å². The zero-order valence-electron chi connectivity index (χ0n) is 25.7. The van der Waals surface area contributed by atoms with Crippen LogP contribution in [0.1, 0.15) is 38.3 Å². The van der Waals surface area contributed by atoms with Crippen molar-refractivity contribution in [2.45, 2.75) is 77.9 Å². The summed E-state index contributed by atoms with van der Waals surface area (Å²) in [5.41, 5.74) is 2.14. The number of benzene rings is 3. The maximum atomic E-state index is 6.38. The molecule has 0 heterocycles. The van der Waals surface area contributed by atoms with Gasteiger partial charge in [0, 0.05) is 5.41 Å². The third kappa shape index (κ3) is 8.72. The predicted molar refractivity (Wildman–Crippen MR) is 200 cm³/mol. The van der Waals surface area contributed by atoms with Crippen LogP contribution in [0.4, 0.5) is 0 Å². The van der Waals surface area contributed by atoms with Crippen LogP contribution in [0.25, 0.3) is 0 Å². The number of hydrogen-bond donors (Lipinski definition) is 0. The summed E-state index contributed by atoms with van der Waals surface area (Å²) in [5.74, 6) is 1.70. The lowest BCUT2D eigenvalue weighted by atomic mass is 9.78. The highest BCUT2D eigenvalue weighted by molar-refractivity contribution is 9.11. The van der Waals surface area contributed by atoms with Gasteiger partial charge in [-0.1, -0.05) is 92.9 Å². The number of halogens is 4. The van der Waals surface area contributed by atoms with E-state index >= 15 is 0 Å². The summed E-state index contributed by atoms with van der Waals surface area (Å²) in [5, 5.41) is 4.79. The molecule has 0 aromatic heterocycles. The minimum atomic E-state index is -1.58. The summed E-state index contributed by atoms with van der Waals surface area (Å²) in [6.45, 7) is 22.5. The van der Waals surface area contributed by atoms with Crippen molar-refractivity contribution in [1.29, 1.82) is 0 Å². The van der Waals surface area contributed by atoms with E-state index in [0.29, 0.717) is 13.2 Å². The normalized spacial score (nSPS) is 12.4. The van der Waals surface area contributed by atoms with Gasteiger partial charge in [-0.05, 0) is 112 Å². The molecule has 0 saturated heterocycles. The van der Waals surface area contributed by atoms with Crippen LogP contribution in [0.3, 0.4) is 0 Å². The van der Waals surface area contributed by atoms with Gasteiger partial charge in [-0.15, -0.1) is 0 Å². The van der Waals surface area contributed by atoms with E-state index in [1.54, 1.807) is 15.6 Å². The van der Waals surface area contributed by atoms with Crippen LogP contribution in [0.2, 0.25) is 45.3 Å². The minimum Gasteiger partial charge on any atom is -0.492 e. The van der Waals surface area contributed by atoms with Crippen LogP contribution in [-0.2, 0) is 5.41 Å². The second-order valence-electron chi connectivity index (χ2n) is 12.2. The van der Waals surface area contributed by atoms with E-state index in [4.69, 9.17) is 9.47 Å². The number of rotatable bonds is 12. The van der Waals surface area contributed by atoms with Gasteiger partial charge in [0.2, 0.25) is 0 Å². The molecule has 0 aliphatic carbocycles. The zero-order chi connectivity index (χ0) is 30.7. The number of ether oxygens (including phenoxy) is 2. The van der Waals surface area contributed by atoms with E-state index < -0.39 is 25.7 Å². The summed E-state index contributed by atoms with van der Waals surface area (Å²) in [4.78, 5) is 0. The van der Waals surface area contributed by atoms with Crippen LogP contribution < -0.4 is 25.0 Å². The first-order valence-corrected chi connectivity index (χ1v) is 25.5. The molecular weight excluding hydrogens is 820 g/mol. The van der Waals surface area contributed by atoms with Gasteiger partial charge in [-0.25, -0.2) is 0 Å². The summed E-state index contributed by atoms with van der Waals surface area (Å²) < 4.78 is 16.0. The van der Waals surface area contributed by atoms with Gasteiger partial charge < -0.3 is 9.47 Å². The molecule has 9 heteroatoms. The van der Waals surface area contributed by atoms with E-state index in [0.717, 1.165) is 35.8 Å². The standard InChI is InChI=1S/C32H42Br4O2Si3/c1-10-37-30-26(33)14-21(15-27(30)34)32(2,3)22-16-28(35)31(29(36)17-22)38-12-11-13-41(8,9)25-19-23(39(4)5)18-24(20-25)40(6)7/h14-20H,10-13H2,1-9H3. The molecule has 0 unspecified atom stereocenters. The zero-order valence-corrected chi connectivity index (χ0v) is 35.0. The Hall–Kier alpha value is -0.169. The van der Waals surface area contributed by atoms with Crippen LogP contribution in [0, 0.1) is 0 Å². The fourth-order valence-corrected chi connectivity index (χ4v) is 12.3. The second kappa shape index (κ2) is 14.7. The molecule has 0 atom stereocenters. The Balaban J connectivity index is 1.74. The molecule has 0 N–H and O–H groups in total. The van der Waals surface area contributed by atoms with Crippen molar-refractivity contribution in [3.63, 3.8) is 0 Å². The first kappa shape index (κ1) is 35.3. The van der Waals surface area contributed by atoms with Gasteiger partial charge in [0.1, 0.15) is 11.5 Å². The second-order valence-corrected chi connectivity index (χ2v) is 25.6. The average molecular weight is 863 g/mol. The largest absolute Gasteiger partial charge is 0.492 e. The summed E-state index contributed by atoms with van der Waals surface area (Å²) in [7, 11) is -2.51. The van der Waals surface area contributed by atoms with E-state index in [-0.39, 0.29) is 5.41 Å². The first-order valence-electron chi connectivity index (χ1n) is 14.1. The van der Waals surface area contributed by atoms with Crippen molar-refractivity contribution in [3.05, 3.63) is 71.5 Å². The van der Waals surface area contributed by atoms with E-state index in [1.165, 1.54) is 17.2 Å². The van der Waals surface area contributed by atoms with Crippen molar-refractivity contribution in [3.8, 4) is 11.5 Å². The fraction of sp³-hybridized carbons (Fsp3) is 0.438. The minimum absolute atomic E-state index is 0.238. The lowest BCUT2D eigenvalue weighted by Gasteiger charge is -2.28. The molecule has 0 saturated carbocycles. The SMILES string of the molecule is CCOc1c(Br)cc(C(C)(C)c2cc(Br)c(OCCC[Si](C)(C)c3cc([Si](C)C)cc([Si](C)C)c3)c(Br)c2)cc1Br. The lowest BCUT2D eigenvalue weighted by molar-refractivity contribution is 0.312. The Bertz CT molecular complexity index is 1300. The molecule has 0 aliphatic heterocycles. The maximum Gasteiger partial charge on any atom is 0.147 e. The lowest BCUT2D eigenvalue weighted by Crippen LogP contribution is -2.47. The Kier molecular flexibility index (Phi) is 12.7. The Morgan fingerprint density at radius 1 is 0.683 bits per heavy atom. The number of hydrogen-bond acceptors (Lipinski definition) is 2. The average Bonchev–Trinajstić information content (AvgIpc) is 2.89. The maximum absolute atomic E-state index is 6.38. The van der Waals surface area contributed by atoms with Gasteiger partial charge in [0.25, 0.3) is 0 Å². The molecule has 2 nitrogen and oxygen atoms in total. The fourth-order valence-electron chi connectivity index (χ4n) is 4.86. The predicted octanol–water partition coefficient (Wildman–Crippen LogP) is 9.77. The molecule has 41 heavy (non-hydrogen) atoms. The molecule has 3 rings (SSSR count). The van der Waals surface area contributed by atoms with E-state index in [9.17, 15) is 0 Å². The van der Waals surface area contributed by atoms with Crippen molar-refractivity contribution in [2.75, 3.05) is 13.2 Å². The topological polar surface area (TPSA) is 18.5 Å². The van der Waals surface area contributed by atoms with E-state index in [2.05, 4.69) is 159 Å². The van der Waals surface area contributed by atoms with Crippen molar-refractivity contribution in [2.24, 2.45) is 0 Å². The summed E-state index contributed by atoms with van der Waals surface area (Å²) in [6, 6.07) is 17.4. The Morgan fingerprint density at radius 3 is 1.49 bits per heavy atom. The third-order valence-corrected chi connectivity index (χ3v) is 16.5. The highest BCUT2D eigenvalue weighted by Gasteiger charge is 2.28. The molecular formula is C32H42Br4O2Si3. The molecule has 2 radical (unpaired) electrons. The smallest absolute Gasteiger partial charge is 0.147 e. The molecule has 0 aliphatic rings. The van der Waals surface area contributed by atoms with Gasteiger partial charge in [0.05, 0.1) is 56.8 Å². The van der Waals surface area contributed by atoms with Crippen molar-refractivity contribution >= 4 is 105 Å². The molecule has 0 fully saturated rings. The molecule has 222 valence electrons. The summed E-state index contributed by atoms with van der Waals surface area (Å²) >= 11 is 15.0. The summed E-state index contributed by atoms with van der Waals surface area (Å²) in [6.07, 6.45) is 1.05. The van der Waals surface area contributed by atoms with Gasteiger partial charge in [-0.3, -0.25) is 0 Å². The van der Waals surface area contributed by atoms with Crippen molar-refractivity contribution in [1.82, 2.24) is 0 Å². The molecule has 0 amide bonds. The van der Waals surface area contributed by atoms with Crippen molar-refractivity contribution < 1.29 is 9.47 Å². The van der Waals surface area contributed by atoms with Crippen LogP contribution in [0.15, 0.2) is 60.4 Å². The molecule has 3 aromatic carbocycles. The van der Waals surface area contributed by atoms with Gasteiger partial charge in [0.15, 0.2) is 0 Å². The first-order chi connectivity index (χ1) is 19.1. The third-order valence-electron chi connectivity index (χ3n) is 7.79. The van der Waals surface area contributed by atoms with Crippen LogP contribution >= 0.6 is 63.7 Å². The van der Waals surface area contributed by atoms with Crippen LogP contribution in [-0.4, -0.2) is 38.9 Å². The molecule has 0 bridgehead atoms. The quantitative estimate of drug-likeness (QED) is 0.134. The van der Waals surface area contributed by atoms with Gasteiger partial charge in [-0.2, -0.15) is 0 Å². The highest BCUT2D eigenvalue weighted by Crippen LogP contribution is 2.44. The monoisotopic (exact) mass is 858 g/mol. The highest BCUT2D eigenvalue weighted by atomic mass is 79.9. The van der Waals surface area contributed by atoms with Crippen LogP contribution in [0.5, 0.6) is 11.5 Å².